The second-order valence-corrected chi connectivity index (χ2v) is 6.37. The first-order chi connectivity index (χ1) is 11.2. The predicted octanol–water partition coefficient (Wildman–Crippen LogP) is 2.94. The number of hydrogen-bond acceptors (Lipinski definition) is 4. The fraction of sp³-hybridized carbons (Fsp3) is 0.611. The van der Waals surface area contributed by atoms with Gasteiger partial charge in [0.2, 0.25) is 5.91 Å². The van der Waals surface area contributed by atoms with E-state index in [0.717, 1.165) is 29.9 Å². The minimum Gasteiger partial charge on any atom is -0.493 e. The Bertz CT molecular complexity index is 554. The smallest absolute Gasteiger partial charge is 0.225 e. The fourth-order valence-corrected chi connectivity index (χ4v) is 3.50. The first-order valence-corrected chi connectivity index (χ1v) is 8.32. The number of rotatable bonds is 6. The van der Waals surface area contributed by atoms with Crippen molar-refractivity contribution in [1.82, 2.24) is 4.90 Å². The van der Waals surface area contributed by atoms with Crippen molar-refractivity contribution in [1.29, 1.82) is 0 Å². The normalized spacial score (nSPS) is 21.9. The number of benzene rings is 1. The zero-order valence-corrected chi connectivity index (χ0v) is 13.9. The zero-order valence-electron chi connectivity index (χ0n) is 13.9. The molecule has 1 amide bonds. The SMILES string of the molecule is COCN1CC(c2ccc(OC)c(OC3CCCC3)c2)CC1=O. The van der Waals surface area contributed by atoms with E-state index < -0.39 is 0 Å². The van der Waals surface area contributed by atoms with Crippen molar-refractivity contribution in [2.24, 2.45) is 0 Å². The van der Waals surface area contributed by atoms with Gasteiger partial charge in [-0.15, -0.1) is 0 Å². The van der Waals surface area contributed by atoms with Crippen LogP contribution < -0.4 is 9.47 Å². The Morgan fingerprint density at radius 2 is 1.96 bits per heavy atom. The Labute approximate surface area is 137 Å². The van der Waals surface area contributed by atoms with Gasteiger partial charge in [-0.05, 0) is 43.4 Å². The van der Waals surface area contributed by atoms with E-state index in [2.05, 4.69) is 0 Å². The molecule has 3 rings (SSSR count). The van der Waals surface area contributed by atoms with Crippen molar-refractivity contribution >= 4 is 5.91 Å². The highest BCUT2D eigenvalue weighted by Crippen LogP contribution is 2.36. The average molecular weight is 319 g/mol. The summed E-state index contributed by atoms with van der Waals surface area (Å²) in [5.74, 6) is 1.90. The highest BCUT2D eigenvalue weighted by atomic mass is 16.5. The van der Waals surface area contributed by atoms with Gasteiger partial charge in [0.25, 0.3) is 0 Å². The Balaban J connectivity index is 1.76. The molecule has 2 fully saturated rings. The van der Waals surface area contributed by atoms with Gasteiger partial charge in [0.1, 0.15) is 6.73 Å². The van der Waals surface area contributed by atoms with Crippen LogP contribution in [-0.2, 0) is 9.53 Å². The maximum atomic E-state index is 12.0. The lowest BCUT2D eigenvalue weighted by Crippen LogP contribution is -2.27. The number of hydrogen-bond donors (Lipinski definition) is 0. The minimum atomic E-state index is 0.144. The van der Waals surface area contributed by atoms with Crippen molar-refractivity contribution in [3.63, 3.8) is 0 Å². The maximum Gasteiger partial charge on any atom is 0.225 e. The fourth-order valence-electron chi connectivity index (χ4n) is 3.50. The summed E-state index contributed by atoms with van der Waals surface area (Å²) in [7, 11) is 3.28. The summed E-state index contributed by atoms with van der Waals surface area (Å²) in [4.78, 5) is 13.8. The van der Waals surface area contributed by atoms with Gasteiger partial charge in [-0.2, -0.15) is 0 Å². The Kier molecular flexibility index (Phi) is 5.06. The molecule has 0 bridgehead atoms. The number of carbonyl (C=O) groups excluding carboxylic acids is 1. The standard InChI is InChI=1S/C18H25NO4/c1-21-12-19-11-14(10-18(19)20)13-7-8-16(22-2)17(9-13)23-15-5-3-4-6-15/h7-9,14-15H,3-6,10-12H2,1-2H3. The van der Waals surface area contributed by atoms with Gasteiger partial charge < -0.3 is 19.1 Å². The van der Waals surface area contributed by atoms with Crippen LogP contribution in [0.1, 0.15) is 43.6 Å². The lowest BCUT2D eigenvalue weighted by molar-refractivity contribution is -0.131. The molecule has 23 heavy (non-hydrogen) atoms. The van der Waals surface area contributed by atoms with E-state index in [1.54, 1.807) is 19.1 Å². The average Bonchev–Trinajstić information content (AvgIpc) is 3.18. The molecule has 1 atom stereocenters. The van der Waals surface area contributed by atoms with Gasteiger partial charge in [-0.1, -0.05) is 6.07 Å². The van der Waals surface area contributed by atoms with E-state index in [1.807, 2.05) is 18.2 Å². The van der Waals surface area contributed by atoms with Gasteiger partial charge in [0.15, 0.2) is 11.5 Å². The topological polar surface area (TPSA) is 48.0 Å². The zero-order chi connectivity index (χ0) is 16.2. The summed E-state index contributed by atoms with van der Waals surface area (Å²) in [6.07, 6.45) is 5.49. The second kappa shape index (κ2) is 7.21. The molecule has 126 valence electrons. The van der Waals surface area contributed by atoms with Crippen LogP contribution in [0, 0.1) is 0 Å². The third kappa shape index (κ3) is 3.61. The summed E-state index contributed by atoms with van der Waals surface area (Å²) in [6.45, 7) is 1.05. The molecule has 1 unspecified atom stereocenters. The van der Waals surface area contributed by atoms with Crippen LogP contribution in [0.15, 0.2) is 18.2 Å². The monoisotopic (exact) mass is 319 g/mol. The summed E-state index contributed by atoms with van der Waals surface area (Å²) < 4.78 is 16.7. The molecular weight excluding hydrogens is 294 g/mol. The van der Waals surface area contributed by atoms with E-state index >= 15 is 0 Å². The van der Waals surface area contributed by atoms with Crippen LogP contribution >= 0.6 is 0 Å². The summed E-state index contributed by atoms with van der Waals surface area (Å²) in [6, 6.07) is 6.03. The van der Waals surface area contributed by atoms with Crippen molar-refractivity contribution in [2.75, 3.05) is 27.5 Å². The highest BCUT2D eigenvalue weighted by molar-refractivity contribution is 5.79. The number of nitrogens with zero attached hydrogens (tertiary/aromatic N) is 1. The summed E-state index contributed by atoms with van der Waals surface area (Å²) in [5, 5.41) is 0. The Hall–Kier alpha value is -1.75. The second-order valence-electron chi connectivity index (χ2n) is 6.37. The lowest BCUT2D eigenvalue weighted by Gasteiger charge is -2.19. The first kappa shape index (κ1) is 16.1. The third-order valence-corrected chi connectivity index (χ3v) is 4.75. The molecule has 5 heteroatoms. The van der Waals surface area contributed by atoms with Crippen LogP contribution in [0.25, 0.3) is 0 Å². The highest BCUT2D eigenvalue weighted by Gasteiger charge is 2.31. The molecule has 2 aliphatic rings. The number of ether oxygens (including phenoxy) is 3. The molecule has 0 N–H and O–H groups in total. The van der Waals surface area contributed by atoms with Gasteiger partial charge in [-0.25, -0.2) is 0 Å². The molecule has 0 radical (unpaired) electrons. The van der Waals surface area contributed by atoms with Gasteiger partial charge in [0.05, 0.1) is 13.2 Å². The van der Waals surface area contributed by atoms with Crippen LogP contribution in [0.4, 0.5) is 0 Å². The molecular formula is C18H25NO4. The summed E-state index contributed by atoms with van der Waals surface area (Å²) >= 11 is 0. The molecule has 5 nitrogen and oxygen atoms in total. The Morgan fingerprint density at radius 1 is 1.17 bits per heavy atom. The number of amides is 1. The van der Waals surface area contributed by atoms with Crippen molar-refractivity contribution in [3.8, 4) is 11.5 Å². The first-order valence-electron chi connectivity index (χ1n) is 8.32. The molecule has 1 saturated carbocycles. The molecule has 0 spiro atoms. The van der Waals surface area contributed by atoms with Gasteiger partial charge in [0, 0.05) is 26.0 Å². The van der Waals surface area contributed by atoms with Gasteiger partial charge >= 0.3 is 0 Å². The number of carbonyl (C=O) groups is 1. The van der Waals surface area contributed by atoms with Crippen molar-refractivity contribution in [3.05, 3.63) is 23.8 Å². The quantitative estimate of drug-likeness (QED) is 0.809. The molecule has 0 aromatic heterocycles. The largest absolute Gasteiger partial charge is 0.493 e. The lowest BCUT2D eigenvalue weighted by atomic mass is 9.98. The van der Waals surface area contributed by atoms with E-state index in [0.29, 0.717) is 19.7 Å². The summed E-state index contributed by atoms with van der Waals surface area (Å²) in [5.41, 5.74) is 1.13. The van der Waals surface area contributed by atoms with Crippen LogP contribution in [0.2, 0.25) is 0 Å². The van der Waals surface area contributed by atoms with Crippen LogP contribution in [0.3, 0.4) is 0 Å². The van der Waals surface area contributed by atoms with Crippen LogP contribution in [-0.4, -0.2) is 44.4 Å². The molecule has 1 saturated heterocycles. The molecule has 1 heterocycles. The van der Waals surface area contributed by atoms with E-state index in [-0.39, 0.29) is 17.9 Å². The van der Waals surface area contributed by atoms with E-state index in [9.17, 15) is 4.79 Å². The molecule has 1 aliphatic carbocycles. The number of likely N-dealkylation sites (tertiary alicyclic amines) is 1. The van der Waals surface area contributed by atoms with E-state index in [1.165, 1.54) is 12.8 Å². The van der Waals surface area contributed by atoms with Gasteiger partial charge in [-0.3, -0.25) is 4.79 Å². The molecule has 1 aliphatic heterocycles. The van der Waals surface area contributed by atoms with Crippen molar-refractivity contribution in [2.45, 2.75) is 44.1 Å². The van der Waals surface area contributed by atoms with Crippen molar-refractivity contribution < 1.29 is 19.0 Å². The minimum absolute atomic E-state index is 0.144. The predicted molar refractivity (Wildman–Crippen MR) is 86.8 cm³/mol. The van der Waals surface area contributed by atoms with Crippen LogP contribution in [0.5, 0.6) is 11.5 Å². The third-order valence-electron chi connectivity index (χ3n) is 4.75. The Morgan fingerprint density at radius 3 is 2.65 bits per heavy atom. The maximum absolute atomic E-state index is 12.0. The van der Waals surface area contributed by atoms with E-state index in [4.69, 9.17) is 14.2 Å². The molecule has 1 aromatic rings. The molecule has 1 aromatic carbocycles. The number of methoxy groups -OCH3 is 2.